The summed E-state index contributed by atoms with van der Waals surface area (Å²) in [5, 5.41) is 32.9. The fraction of sp³-hybridized carbons (Fsp3) is 0.100. The number of hydrazone groups is 1. The van der Waals surface area contributed by atoms with E-state index in [9.17, 15) is 15.0 Å². The molecule has 1 aliphatic heterocycles. The summed E-state index contributed by atoms with van der Waals surface area (Å²) >= 11 is 6.12. The predicted molar refractivity (Wildman–Crippen MR) is 70.9 cm³/mol. The Kier molecular flexibility index (Phi) is 3.39. The fourth-order valence-electron chi connectivity index (χ4n) is 1.27. The van der Waals surface area contributed by atoms with Gasteiger partial charge in [0, 0.05) is 5.56 Å². The molecule has 0 unspecified atom stereocenters. The van der Waals surface area contributed by atoms with Crippen LogP contribution in [0.4, 0.5) is 0 Å². The van der Waals surface area contributed by atoms with E-state index in [-0.39, 0.29) is 17.2 Å². The number of nitrogens with zero attached hydrogens (tertiary/aromatic N) is 2. The lowest BCUT2D eigenvalue weighted by molar-refractivity contribution is -0.123. The molecule has 0 aromatic heterocycles. The van der Waals surface area contributed by atoms with E-state index in [0.29, 0.717) is 4.32 Å². The van der Waals surface area contributed by atoms with Crippen LogP contribution in [0.15, 0.2) is 17.2 Å². The minimum atomic E-state index is -0.636. The number of phenolic OH excluding ortho intramolecular Hbond substituents is 3. The largest absolute Gasteiger partial charge is 0.504 e. The highest BCUT2D eigenvalue weighted by Crippen LogP contribution is 2.36. The summed E-state index contributed by atoms with van der Waals surface area (Å²) < 4.78 is 0.332. The van der Waals surface area contributed by atoms with Crippen LogP contribution in [0.1, 0.15) is 5.56 Å². The van der Waals surface area contributed by atoms with Gasteiger partial charge in [-0.2, -0.15) is 10.1 Å². The standard InChI is InChI=1S/C10H8N2O4S2/c13-6-2-1-5(8(15)9(6)16)3-11-12-7(14)4-18-10(12)17/h1-3,13,15-16H,4H2/b11-3+. The maximum Gasteiger partial charge on any atom is 0.259 e. The number of rotatable bonds is 2. The maximum atomic E-state index is 11.4. The molecule has 0 aliphatic carbocycles. The zero-order valence-corrected chi connectivity index (χ0v) is 10.5. The molecule has 1 fully saturated rings. The topological polar surface area (TPSA) is 93.4 Å². The molecule has 1 aliphatic rings. The number of aromatic hydroxyl groups is 3. The quantitative estimate of drug-likeness (QED) is 0.426. The molecule has 8 heteroatoms. The Morgan fingerprint density at radius 2 is 2.06 bits per heavy atom. The molecular weight excluding hydrogens is 276 g/mol. The van der Waals surface area contributed by atoms with Gasteiger partial charge < -0.3 is 15.3 Å². The highest BCUT2D eigenvalue weighted by Gasteiger charge is 2.26. The Morgan fingerprint density at radius 1 is 1.33 bits per heavy atom. The van der Waals surface area contributed by atoms with Gasteiger partial charge in [-0.05, 0) is 12.1 Å². The Balaban J connectivity index is 2.27. The molecule has 1 aromatic carbocycles. The van der Waals surface area contributed by atoms with E-state index in [1.54, 1.807) is 0 Å². The SMILES string of the molecule is O=C1CSC(=S)N1/N=C/c1ccc(O)c(O)c1O. The van der Waals surface area contributed by atoms with Crippen molar-refractivity contribution in [3.63, 3.8) is 0 Å². The van der Waals surface area contributed by atoms with Gasteiger partial charge in [-0.1, -0.05) is 24.0 Å². The molecule has 18 heavy (non-hydrogen) atoms. The minimum Gasteiger partial charge on any atom is -0.504 e. The summed E-state index contributed by atoms with van der Waals surface area (Å²) in [6.45, 7) is 0. The van der Waals surface area contributed by atoms with Crippen LogP contribution in [0, 0.1) is 0 Å². The summed E-state index contributed by atoms with van der Waals surface area (Å²) in [5.41, 5.74) is 0.165. The number of phenols is 3. The lowest BCUT2D eigenvalue weighted by atomic mass is 10.2. The van der Waals surface area contributed by atoms with Gasteiger partial charge in [-0.3, -0.25) is 4.79 Å². The van der Waals surface area contributed by atoms with Gasteiger partial charge in [0.05, 0.1) is 12.0 Å². The molecular formula is C10H8N2O4S2. The molecule has 3 N–H and O–H groups in total. The number of thiocarbonyl (C=S) groups is 1. The predicted octanol–water partition coefficient (Wildman–Crippen LogP) is 0.998. The Hall–Kier alpha value is -1.80. The fourth-order valence-corrected chi connectivity index (χ4v) is 2.23. The summed E-state index contributed by atoms with van der Waals surface area (Å²) in [7, 11) is 0. The van der Waals surface area contributed by atoms with Gasteiger partial charge >= 0.3 is 0 Å². The first-order valence-electron chi connectivity index (χ1n) is 4.78. The Bertz CT molecular complexity index is 543. The van der Waals surface area contributed by atoms with Crippen LogP contribution >= 0.6 is 24.0 Å². The first kappa shape index (κ1) is 12.7. The smallest absolute Gasteiger partial charge is 0.259 e. The lowest BCUT2D eigenvalue weighted by Crippen LogP contribution is -2.22. The van der Waals surface area contributed by atoms with Crippen molar-refractivity contribution in [1.82, 2.24) is 5.01 Å². The number of hydrogen-bond donors (Lipinski definition) is 3. The zero-order chi connectivity index (χ0) is 13.3. The molecule has 0 bridgehead atoms. The monoisotopic (exact) mass is 284 g/mol. The molecule has 0 saturated carbocycles. The van der Waals surface area contributed by atoms with Crippen molar-refractivity contribution < 1.29 is 20.1 Å². The molecule has 0 spiro atoms. The summed E-state index contributed by atoms with van der Waals surface area (Å²) in [6, 6.07) is 2.56. The van der Waals surface area contributed by atoms with Crippen molar-refractivity contribution in [2.75, 3.05) is 5.75 Å². The van der Waals surface area contributed by atoms with Crippen LogP contribution in [0.3, 0.4) is 0 Å². The highest BCUT2D eigenvalue weighted by atomic mass is 32.2. The number of carbonyl (C=O) groups excluding carboxylic acids is 1. The van der Waals surface area contributed by atoms with Gasteiger partial charge in [0.2, 0.25) is 5.75 Å². The minimum absolute atomic E-state index is 0.165. The van der Waals surface area contributed by atoms with Crippen LogP contribution in [-0.4, -0.2) is 42.5 Å². The number of hydrogen-bond acceptors (Lipinski definition) is 7. The van der Waals surface area contributed by atoms with Crippen LogP contribution < -0.4 is 0 Å². The second-order valence-corrected chi connectivity index (χ2v) is 4.98. The summed E-state index contributed by atoms with van der Waals surface area (Å²) in [6.07, 6.45) is 1.19. The normalized spacial score (nSPS) is 15.9. The summed E-state index contributed by atoms with van der Waals surface area (Å²) in [4.78, 5) is 11.4. The van der Waals surface area contributed by atoms with E-state index in [0.717, 1.165) is 5.01 Å². The van der Waals surface area contributed by atoms with E-state index < -0.39 is 17.2 Å². The van der Waals surface area contributed by atoms with E-state index in [1.165, 1.54) is 30.1 Å². The molecule has 1 amide bonds. The molecule has 1 heterocycles. The number of amides is 1. The first-order valence-corrected chi connectivity index (χ1v) is 6.17. The van der Waals surface area contributed by atoms with E-state index in [1.807, 2.05) is 0 Å². The van der Waals surface area contributed by atoms with Crippen molar-refractivity contribution >= 4 is 40.4 Å². The first-order chi connectivity index (χ1) is 8.50. The van der Waals surface area contributed by atoms with Crippen molar-refractivity contribution in [1.29, 1.82) is 0 Å². The third-order valence-corrected chi connectivity index (χ3v) is 3.54. The maximum absolute atomic E-state index is 11.4. The van der Waals surface area contributed by atoms with Crippen molar-refractivity contribution in [3.8, 4) is 17.2 Å². The van der Waals surface area contributed by atoms with Crippen LogP contribution in [0.2, 0.25) is 0 Å². The van der Waals surface area contributed by atoms with Gasteiger partial charge in [0.25, 0.3) is 5.91 Å². The van der Waals surface area contributed by atoms with Crippen LogP contribution in [0.5, 0.6) is 17.2 Å². The van der Waals surface area contributed by atoms with Gasteiger partial charge in [-0.25, -0.2) is 0 Å². The molecule has 94 valence electrons. The van der Waals surface area contributed by atoms with Gasteiger partial charge in [0.15, 0.2) is 15.8 Å². The second kappa shape index (κ2) is 4.83. The van der Waals surface area contributed by atoms with E-state index in [4.69, 9.17) is 17.3 Å². The van der Waals surface area contributed by atoms with Crippen molar-refractivity contribution in [2.24, 2.45) is 5.10 Å². The van der Waals surface area contributed by atoms with Gasteiger partial charge in [-0.15, -0.1) is 0 Å². The molecule has 1 saturated heterocycles. The molecule has 6 nitrogen and oxygen atoms in total. The van der Waals surface area contributed by atoms with E-state index >= 15 is 0 Å². The van der Waals surface area contributed by atoms with E-state index in [2.05, 4.69) is 5.10 Å². The number of thioether (sulfide) groups is 1. The summed E-state index contributed by atoms with van der Waals surface area (Å²) in [5.74, 6) is -1.59. The van der Waals surface area contributed by atoms with Crippen LogP contribution in [0.25, 0.3) is 0 Å². The molecule has 2 rings (SSSR count). The average molecular weight is 284 g/mol. The van der Waals surface area contributed by atoms with Crippen LogP contribution in [-0.2, 0) is 4.79 Å². The third kappa shape index (κ3) is 2.24. The number of carbonyl (C=O) groups is 1. The Labute approximate surface area is 112 Å². The Morgan fingerprint density at radius 3 is 2.67 bits per heavy atom. The molecule has 0 atom stereocenters. The van der Waals surface area contributed by atoms with Crippen molar-refractivity contribution in [2.45, 2.75) is 0 Å². The third-order valence-electron chi connectivity index (χ3n) is 2.20. The molecule has 0 radical (unpaired) electrons. The lowest BCUT2D eigenvalue weighted by Gasteiger charge is -2.07. The second-order valence-electron chi connectivity index (χ2n) is 3.38. The highest BCUT2D eigenvalue weighted by molar-refractivity contribution is 8.23. The average Bonchev–Trinajstić information content (AvgIpc) is 2.66. The molecule has 1 aromatic rings. The zero-order valence-electron chi connectivity index (χ0n) is 8.90. The number of benzene rings is 1. The van der Waals surface area contributed by atoms with Crippen molar-refractivity contribution in [3.05, 3.63) is 17.7 Å². The van der Waals surface area contributed by atoms with Gasteiger partial charge in [0.1, 0.15) is 0 Å².